The molecule has 1 rings (SSSR count). The number of nitrogens with zero attached hydrogens (tertiary/aromatic N) is 1. The largest absolute Gasteiger partial charge is 0.393 e. The number of hydrogen-bond acceptors (Lipinski definition) is 1. The lowest BCUT2D eigenvalue weighted by Gasteiger charge is -2.31. The Morgan fingerprint density at radius 3 is 1.87 bits per heavy atom. The third-order valence-corrected chi connectivity index (χ3v) is 6.84. The lowest BCUT2D eigenvalue weighted by Crippen LogP contribution is -2.40. The highest BCUT2D eigenvalue weighted by Crippen LogP contribution is 2.20. The van der Waals surface area contributed by atoms with Crippen molar-refractivity contribution in [3.05, 3.63) is 35.4 Å². The van der Waals surface area contributed by atoms with Gasteiger partial charge in [-0.2, -0.15) is 0 Å². The monoisotopic (exact) mass is 452 g/mol. The number of aliphatic hydroxyl groups is 1. The molecule has 2 unspecified atom stereocenters. The van der Waals surface area contributed by atoms with Gasteiger partial charge in [-0.05, 0) is 25.3 Å². The van der Waals surface area contributed by atoms with Gasteiger partial charge in [0.25, 0.3) is 0 Å². The van der Waals surface area contributed by atoms with E-state index in [1.165, 1.54) is 81.8 Å². The van der Waals surface area contributed by atoms with E-state index in [1.807, 2.05) is 6.92 Å². The lowest BCUT2D eigenvalue weighted by molar-refractivity contribution is -0.903. The Kier molecular flexibility index (Phi) is 15.6. The molecule has 0 aliphatic rings. The van der Waals surface area contributed by atoms with E-state index in [1.54, 1.807) is 0 Å². The van der Waals surface area contributed by atoms with Crippen molar-refractivity contribution in [1.82, 2.24) is 0 Å². The van der Waals surface area contributed by atoms with E-state index in [4.69, 9.17) is 11.6 Å². The Labute approximate surface area is 199 Å². The summed E-state index contributed by atoms with van der Waals surface area (Å²) in [5.41, 5.74) is 2.62. The van der Waals surface area contributed by atoms with Gasteiger partial charge in [0.2, 0.25) is 0 Å². The van der Waals surface area contributed by atoms with Gasteiger partial charge in [0, 0.05) is 17.4 Å². The van der Waals surface area contributed by atoms with Gasteiger partial charge in [-0.25, -0.2) is 0 Å². The number of rotatable bonds is 19. The number of alkyl halides is 1. The van der Waals surface area contributed by atoms with Crippen molar-refractivity contribution in [3.63, 3.8) is 0 Å². The van der Waals surface area contributed by atoms with Crippen molar-refractivity contribution in [3.8, 4) is 0 Å². The van der Waals surface area contributed by atoms with Gasteiger partial charge < -0.3 is 9.59 Å². The third-order valence-electron chi connectivity index (χ3n) is 6.40. The summed E-state index contributed by atoms with van der Waals surface area (Å²) in [6.45, 7) is 6.23. The van der Waals surface area contributed by atoms with Crippen molar-refractivity contribution in [2.24, 2.45) is 0 Å². The normalized spacial score (nSPS) is 14.0. The smallest absolute Gasteiger partial charge is 0.104 e. The molecule has 0 fully saturated rings. The molecule has 0 saturated heterocycles. The number of hydrogen-bond donors (Lipinski definition) is 1. The predicted molar refractivity (Wildman–Crippen MR) is 138 cm³/mol. The first-order valence-corrected chi connectivity index (χ1v) is 13.5. The van der Waals surface area contributed by atoms with E-state index < -0.39 is 0 Å². The van der Waals surface area contributed by atoms with E-state index in [0.717, 1.165) is 36.8 Å². The van der Waals surface area contributed by atoms with Gasteiger partial charge in [0.05, 0.1) is 26.7 Å². The SMILES string of the molecule is CCCCCCCCCCCCCC(Cl)CC[N+](C)(C)Cc1ccccc1CC(C)O. The fourth-order valence-electron chi connectivity index (χ4n) is 4.43. The van der Waals surface area contributed by atoms with Crippen LogP contribution in [0.3, 0.4) is 0 Å². The first-order chi connectivity index (χ1) is 14.8. The van der Waals surface area contributed by atoms with Crippen molar-refractivity contribution in [1.29, 1.82) is 0 Å². The molecule has 0 aliphatic carbocycles. The summed E-state index contributed by atoms with van der Waals surface area (Å²) in [7, 11) is 4.59. The minimum atomic E-state index is -0.297. The second kappa shape index (κ2) is 17.0. The molecule has 2 nitrogen and oxygen atoms in total. The average Bonchev–Trinajstić information content (AvgIpc) is 2.71. The summed E-state index contributed by atoms with van der Waals surface area (Å²) in [5, 5.41) is 10.1. The Hall–Kier alpha value is -0.570. The zero-order chi connectivity index (χ0) is 23.0. The highest BCUT2D eigenvalue weighted by atomic mass is 35.5. The molecule has 1 aromatic carbocycles. The summed E-state index contributed by atoms with van der Waals surface area (Å²) in [6.07, 6.45) is 17.9. The average molecular weight is 453 g/mol. The van der Waals surface area contributed by atoms with Crippen LogP contribution in [0.2, 0.25) is 0 Å². The second-order valence-electron chi connectivity index (χ2n) is 10.3. The van der Waals surface area contributed by atoms with Crippen LogP contribution in [-0.2, 0) is 13.0 Å². The van der Waals surface area contributed by atoms with Crippen molar-refractivity contribution < 1.29 is 9.59 Å². The molecule has 180 valence electrons. The summed E-state index contributed by atoms with van der Waals surface area (Å²) >= 11 is 6.67. The van der Waals surface area contributed by atoms with Crippen molar-refractivity contribution in [2.45, 2.75) is 122 Å². The minimum absolute atomic E-state index is 0.295. The molecule has 2 atom stereocenters. The molecule has 0 saturated carbocycles. The molecule has 0 spiro atoms. The highest BCUT2D eigenvalue weighted by molar-refractivity contribution is 6.20. The Bertz CT molecular complexity index is 558. The van der Waals surface area contributed by atoms with Crippen molar-refractivity contribution in [2.75, 3.05) is 20.6 Å². The quantitative estimate of drug-likeness (QED) is 0.128. The molecule has 31 heavy (non-hydrogen) atoms. The van der Waals surface area contributed by atoms with Crippen LogP contribution in [0, 0.1) is 0 Å². The minimum Gasteiger partial charge on any atom is -0.393 e. The fourth-order valence-corrected chi connectivity index (χ4v) is 4.69. The topological polar surface area (TPSA) is 20.2 Å². The van der Waals surface area contributed by atoms with Crippen LogP contribution in [0.15, 0.2) is 24.3 Å². The van der Waals surface area contributed by atoms with E-state index >= 15 is 0 Å². The zero-order valence-electron chi connectivity index (χ0n) is 21.1. The van der Waals surface area contributed by atoms with Gasteiger partial charge >= 0.3 is 0 Å². The molecule has 0 bridgehead atoms. The van der Waals surface area contributed by atoms with Gasteiger partial charge in [0.15, 0.2) is 0 Å². The van der Waals surface area contributed by atoms with Crippen LogP contribution >= 0.6 is 11.6 Å². The Morgan fingerprint density at radius 1 is 0.806 bits per heavy atom. The van der Waals surface area contributed by atoms with E-state index in [9.17, 15) is 5.11 Å². The summed E-state index contributed by atoms with van der Waals surface area (Å²) in [6, 6.07) is 8.54. The molecular weight excluding hydrogens is 402 g/mol. The zero-order valence-corrected chi connectivity index (χ0v) is 21.8. The molecule has 3 heteroatoms. The maximum Gasteiger partial charge on any atom is 0.104 e. The second-order valence-corrected chi connectivity index (χ2v) is 11.0. The maximum absolute atomic E-state index is 9.78. The van der Waals surface area contributed by atoms with Crippen molar-refractivity contribution >= 4 is 11.6 Å². The number of benzene rings is 1. The molecule has 0 aliphatic heterocycles. The van der Waals surface area contributed by atoms with Gasteiger partial charge in [-0.3, -0.25) is 0 Å². The fraction of sp³-hybridized carbons (Fsp3) is 0.786. The van der Waals surface area contributed by atoms with Crippen LogP contribution in [-0.4, -0.2) is 41.7 Å². The van der Waals surface area contributed by atoms with E-state index in [-0.39, 0.29) is 6.10 Å². The van der Waals surface area contributed by atoms with Crippen LogP contribution in [0.5, 0.6) is 0 Å². The summed E-state index contributed by atoms with van der Waals surface area (Å²) in [5.74, 6) is 0. The molecule has 0 heterocycles. The number of aliphatic hydroxyl groups excluding tert-OH is 1. The van der Waals surface area contributed by atoms with Gasteiger partial charge in [0.1, 0.15) is 6.54 Å². The Balaban J connectivity index is 2.15. The molecular formula is C28H51ClNO+. The maximum atomic E-state index is 9.78. The predicted octanol–water partition coefficient (Wildman–Crippen LogP) is 7.88. The lowest BCUT2D eigenvalue weighted by atomic mass is 10.0. The number of quaternary nitrogens is 1. The molecule has 0 radical (unpaired) electrons. The molecule has 0 amide bonds. The van der Waals surface area contributed by atoms with Crippen LogP contribution < -0.4 is 0 Å². The first-order valence-electron chi connectivity index (χ1n) is 13.0. The number of unbranched alkanes of at least 4 members (excludes halogenated alkanes) is 10. The number of halogens is 1. The van der Waals surface area contributed by atoms with Crippen LogP contribution in [0.25, 0.3) is 0 Å². The highest BCUT2D eigenvalue weighted by Gasteiger charge is 2.20. The summed E-state index contributed by atoms with van der Waals surface area (Å²) < 4.78 is 0.943. The standard InChI is InChI=1S/C28H51ClNO/c1-5-6-7-8-9-10-11-12-13-14-15-20-28(29)21-22-30(3,4)24-27-19-17-16-18-26(27)23-25(2)31/h16-19,25,28,31H,5-15,20-24H2,1-4H3/q+1. The third kappa shape index (κ3) is 15.0. The molecule has 1 N–H and O–H groups in total. The Morgan fingerprint density at radius 2 is 1.32 bits per heavy atom. The summed E-state index contributed by atoms with van der Waals surface area (Å²) in [4.78, 5) is 0. The first kappa shape index (κ1) is 28.5. The molecule has 1 aromatic rings. The van der Waals surface area contributed by atoms with Crippen LogP contribution in [0.4, 0.5) is 0 Å². The van der Waals surface area contributed by atoms with E-state index in [0.29, 0.717) is 5.38 Å². The van der Waals surface area contributed by atoms with Gasteiger partial charge in [-0.15, -0.1) is 11.6 Å². The van der Waals surface area contributed by atoms with E-state index in [2.05, 4.69) is 45.3 Å². The van der Waals surface area contributed by atoms with Crippen LogP contribution in [0.1, 0.15) is 108 Å². The van der Waals surface area contributed by atoms with Gasteiger partial charge in [-0.1, -0.05) is 102 Å². The molecule has 0 aromatic heterocycles.